The van der Waals surface area contributed by atoms with E-state index in [4.69, 9.17) is 21.1 Å². The van der Waals surface area contributed by atoms with Crippen molar-refractivity contribution in [2.45, 2.75) is 6.61 Å². The highest BCUT2D eigenvalue weighted by Crippen LogP contribution is 2.38. The summed E-state index contributed by atoms with van der Waals surface area (Å²) in [7, 11) is 1.36. The molecule has 0 aliphatic carbocycles. The van der Waals surface area contributed by atoms with Gasteiger partial charge in [0.1, 0.15) is 6.61 Å². The van der Waals surface area contributed by atoms with Crippen molar-refractivity contribution < 1.29 is 19.2 Å². The van der Waals surface area contributed by atoms with E-state index in [9.17, 15) is 14.9 Å². The van der Waals surface area contributed by atoms with E-state index < -0.39 is 10.8 Å². The molecule has 30 heavy (non-hydrogen) atoms. The highest BCUT2D eigenvalue weighted by Gasteiger charge is 2.22. The van der Waals surface area contributed by atoms with Crippen molar-refractivity contribution in [1.82, 2.24) is 15.4 Å². The predicted octanol–water partition coefficient (Wildman–Crippen LogP) is 3.45. The minimum Gasteiger partial charge on any atom is -0.493 e. The zero-order valence-electron chi connectivity index (χ0n) is 15.4. The average molecular weight is 448 g/mol. The molecule has 1 amide bonds. The molecule has 10 nitrogen and oxygen atoms in total. The molecule has 0 radical (unpaired) electrons. The van der Waals surface area contributed by atoms with Crippen LogP contribution >= 0.6 is 22.9 Å². The molecular weight excluding hydrogens is 434 g/mol. The first-order valence-corrected chi connectivity index (χ1v) is 9.50. The summed E-state index contributed by atoms with van der Waals surface area (Å²) in [6.45, 7) is 0.0387. The summed E-state index contributed by atoms with van der Waals surface area (Å²) in [6, 6.07) is 5.83. The van der Waals surface area contributed by atoms with Gasteiger partial charge in [0.05, 0.1) is 23.1 Å². The number of pyridine rings is 1. The van der Waals surface area contributed by atoms with Crippen molar-refractivity contribution in [3.8, 4) is 11.5 Å². The number of hydrogen-bond donors (Lipinski definition) is 1. The number of thiazole rings is 1. The van der Waals surface area contributed by atoms with Gasteiger partial charge >= 0.3 is 5.69 Å². The molecule has 0 spiro atoms. The topological polar surface area (TPSA) is 129 Å². The molecule has 0 atom stereocenters. The monoisotopic (exact) mass is 447 g/mol. The minimum atomic E-state index is -0.593. The number of hydrogen-bond acceptors (Lipinski definition) is 9. The molecule has 0 unspecified atom stereocenters. The first-order chi connectivity index (χ1) is 14.5. The van der Waals surface area contributed by atoms with E-state index in [1.165, 1.54) is 67.5 Å². The molecular formula is C18H14ClN5O5S. The summed E-state index contributed by atoms with van der Waals surface area (Å²) < 4.78 is 11.2. The Morgan fingerprint density at radius 3 is 2.80 bits per heavy atom. The summed E-state index contributed by atoms with van der Waals surface area (Å²) in [5.74, 6) is -0.343. The lowest BCUT2D eigenvalue weighted by atomic mass is 10.2. The highest BCUT2D eigenvalue weighted by atomic mass is 35.5. The Kier molecular flexibility index (Phi) is 6.88. The van der Waals surface area contributed by atoms with E-state index in [1.54, 1.807) is 0 Å². The predicted molar refractivity (Wildman–Crippen MR) is 110 cm³/mol. The van der Waals surface area contributed by atoms with Crippen LogP contribution in [0.3, 0.4) is 0 Å². The Morgan fingerprint density at radius 2 is 2.17 bits per heavy atom. The molecule has 154 valence electrons. The second kappa shape index (κ2) is 9.76. The van der Waals surface area contributed by atoms with Gasteiger partial charge in [-0.15, -0.1) is 11.3 Å². The normalized spacial score (nSPS) is 10.7. The summed E-state index contributed by atoms with van der Waals surface area (Å²) in [5, 5.41) is 15.4. The fourth-order valence-corrected chi connectivity index (χ4v) is 3.23. The molecule has 0 bridgehead atoms. The van der Waals surface area contributed by atoms with E-state index in [0.717, 1.165) is 0 Å². The Morgan fingerprint density at radius 1 is 1.40 bits per heavy atom. The van der Waals surface area contributed by atoms with Crippen molar-refractivity contribution in [2.75, 3.05) is 7.11 Å². The molecule has 0 fully saturated rings. The summed E-state index contributed by atoms with van der Waals surface area (Å²) >= 11 is 6.99. The molecule has 2 aromatic heterocycles. The number of methoxy groups -OCH3 is 1. The number of amides is 1. The van der Waals surface area contributed by atoms with Crippen molar-refractivity contribution in [3.05, 3.63) is 73.4 Å². The van der Waals surface area contributed by atoms with Crippen LogP contribution in [0.2, 0.25) is 4.47 Å². The van der Waals surface area contributed by atoms with E-state index >= 15 is 0 Å². The SMILES string of the molecule is COc1cc(/C=N/NC(=O)c2ccncc2)cc([N+](=O)[O-])c1OCc1cnc(Cl)s1. The van der Waals surface area contributed by atoms with E-state index in [2.05, 4.69) is 20.5 Å². The van der Waals surface area contributed by atoms with E-state index in [-0.39, 0.29) is 23.8 Å². The van der Waals surface area contributed by atoms with Crippen molar-refractivity contribution in [1.29, 1.82) is 0 Å². The molecule has 3 aromatic rings. The standard InChI is InChI=1S/C18H14ClN5O5S/c1-28-15-7-11(8-22-23-17(25)12-2-4-20-5-3-12)6-14(24(26)27)16(15)29-10-13-9-21-18(19)30-13/h2-9H,10H2,1H3,(H,23,25)/b22-8+. The van der Waals surface area contributed by atoms with Crippen LogP contribution in [0, 0.1) is 10.1 Å². The maximum absolute atomic E-state index is 12.0. The molecule has 0 saturated carbocycles. The zero-order chi connectivity index (χ0) is 21.5. The third-order valence-electron chi connectivity index (χ3n) is 3.68. The molecule has 3 rings (SSSR count). The number of benzene rings is 1. The Bertz CT molecular complexity index is 1090. The van der Waals surface area contributed by atoms with E-state index in [0.29, 0.717) is 20.5 Å². The van der Waals surface area contributed by atoms with E-state index in [1.807, 2.05) is 0 Å². The van der Waals surface area contributed by atoms with Gasteiger partial charge in [-0.1, -0.05) is 11.6 Å². The Balaban J connectivity index is 1.79. The number of ether oxygens (including phenoxy) is 2. The maximum Gasteiger partial charge on any atom is 0.315 e. The fourth-order valence-electron chi connectivity index (χ4n) is 2.34. The quantitative estimate of drug-likeness (QED) is 0.318. The third-order valence-corrected chi connectivity index (χ3v) is 4.77. The van der Waals surface area contributed by atoms with Gasteiger partial charge in [0, 0.05) is 35.8 Å². The molecule has 0 saturated heterocycles. The van der Waals surface area contributed by atoms with Gasteiger partial charge in [0.15, 0.2) is 10.2 Å². The second-order valence-electron chi connectivity index (χ2n) is 5.63. The van der Waals surface area contributed by atoms with Crippen LogP contribution in [0.25, 0.3) is 0 Å². The van der Waals surface area contributed by atoms with Gasteiger partial charge in [0.2, 0.25) is 5.75 Å². The van der Waals surface area contributed by atoms with Gasteiger partial charge in [0.25, 0.3) is 5.91 Å². The number of hydrazone groups is 1. The first kappa shape index (κ1) is 21.1. The largest absolute Gasteiger partial charge is 0.493 e. The summed E-state index contributed by atoms with van der Waals surface area (Å²) in [4.78, 5) is 31.4. The zero-order valence-corrected chi connectivity index (χ0v) is 17.0. The maximum atomic E-state index is 12.0. The molecule has 2 heterocycles. The third kappa shape index (κ3) is 5.27. The molecule has 12 heteroatoms. The number of rotatable bonds is 8. The van der Waals surface area contributed by atoms with Crippen LogP contribution in [-0.2, 0) is 6.61 Å². The lowest BCUT2D eigenvalue weighted by molar-refractivity contribution is -0.386. The summed E-state index contributed by atoms with van der Waals surface area (Å²) in [6.07, 6.45) is 5.75. The second-order valence-corrected chi connectivity index (χ2v) is 7.33. The van der Waals surface area contributed by atoms with Crippen LogP contribution in [0.5, 0.6) is 11.5 Å². The van der Waals surface area contributed by atoms with Crippen molar-refractivity contribution in [2.24, 2.45) is 5.10 Å². The average Bonchev–Trinajstić information content (AvgIpc) is 3.17. The number of nitrogens with zero attached hydrogens (tertiary/aromatic N) is 4. The smallest absolute Gasteiger partial charge is 0.315 e. The van der Waals surface area contributed by atoms with Gasteiger partial charge in [-0.3, -0.25) is 19.9 Å². The minimum absolute atomic E-state index is 0.0370. The number of carbonyl (C=O) groups excluding carboxylic acids is 1. The van der Waals surface area contributed by atoms with Crippen molar-refractivity contribution in [3.63, 3.8) is 0 Å². The van der Waals surface area contributed by atoms with Crippen molar-refractivity contribution >= 4 is 40.7 Å². The number of nitro groups is 1. The lowest BCUT2D eigenvalue weighted by Gasteiger charge is -2.11. The van der Waals surface area contributed by atoms with Crippen LogP contribution in [0.4, 0.5) is 5.69 Å². The molecule has 0 aliphatic rings. The van der Waals surface area contributed by atoms with Gasteiger partial charge in [-0.2, -0.15) is 5.10 Å². The number of nitrogens with one attached hydrogen (secondary N) is 1. The lowest BCUT2D eigenvalue weighted by Crippen LogP contribution is -2.17. The Labute approximate surface area is 179 Å². The molecule has 1 N–H and O–H groups in total. The number of aromatic nitrogens is 2. The van der Waals surface area contributed by atoms with Crippen LogP contribution < -0.4 is 14.9 Å². The van der Waals surface area contributed by atoms with Gasteiger partial charge in [-0.05, 0) is 18.2 Å². The fraction of sp³-hybridized carbons (Fsp3) is 0.111. The van der Waals surface area contributed by atoms with Gasteiger partial charge < -0.3 is 9.47 Å². The summed E-state index contributed by atoms with van der Waals surface area (Å²) in [5.41, 5.74) is 2.73. The first-order valence-electron chi connectivity index (χ1n) is 8.30. The Hall–Kier alpha value is -3.57. The number of carbonyl (C=O) groups is 1. The van der Waals surface area contributed by atoms with Crippen LogP contribution in [0.1, 0.15) is 20.8 Å². The number of nitro benzene ring substituents is 1. The van der Waals surface area contributed by atoms with Crippen LogP contribution in [-0.4, -0.2) is 34.1 Å². The number of halogens is 1. The van der Waals surface area contributed by atoms with Gasteiger partial charge in [-0.25, -0.2) is 10.4 Å². The van der Waals surface area contributed by atoms with Crippen LogP contribution in [0.15, 0.2) is 48.0 Å². The molecule has 0 aliphatic heterocycles. The highest BCUT2D eigenvalue weighted by molar-refractivity contribution is 7.15. The molecule has 1 aromatic carbocycles.